The van der Waals surface area contributed by atoms with E-state index < -0.39 is 0 Å². The summed E-state index contributed by atoms with van der Waals surface area (Å²) in [6, 6.07) is 0.491. The van der Waals surface area contributed by atoms with E-state index in [2.05, 4.69) is 5.32 Å². The third kappa shape index (κ3) is 2.23. The first-order valence-corrected chi connectivity index (χ1v) is 7.42. The van der Waals surface area contributed by atoms with Crippen LogP contribution in [0, 0.1) is 29.6 Å². The van der Waals surface area contributed by atoms with Crippen molar-refractivity contribution in [3.05, 3.63) is 0 Å². The second-order valence-electron chi connectivity index (χ2n) is 7.04. The van der Waals surface area contributed by atoms with E-state index in [9.17, 15) is 4.79 Å². The van der Waals surface area contributed by atoms with Gasteiger partial charge in [0.25, 0.3) is 0 Å². The van der Waals surface area contributed by atoms with E-state index in [1.54, 1.807) is 0 Å². The molecular weight excluding hydrogens is 210 g/mol. The topological polar surface area (TPSA) is 29.1 Å². The van der Waals surface area contributed by atoms with Gasteiger partial charge < -0.3 is 5.32 Å². The molecule has 3 unspecified atom stereocenters. The summed E-state index contributed by atoms with van der Waals surface area (Å²) in [5.41, 5.74) is 0. The molecule has 2 nitrogen and oxygen atoms in total. The summed E-state index contributed by atoms with van der Waals surface area (Å²) in [5.74, 6) is 4.05. The number of carbonyl (C=O) groups is 1. The number of amides is 1. The van der Waals surface area contributed by atoms with Crippen LogP contribution in [0.15, 0.2) is 0 Å². The first-order valence-electron chi connectivity index (χ1n) is 7.42. The SMILES string of the molecule is CC(C)C(=O)NC1CC2CC3CC(C2)CC1C3. The molecule has 0 aromatic rings. The highest BCUT2D eigenvalue weighted by atomic mass is 16.1. The standard InChI is InChI=1S/C15H25NO/c1-9(2)15(17)16-14-8-12-4-10-3-11(5-12)7-13(14)6-10/h9-14H,3-8H2,1-2H3,(H,16,17). The molecule has 4 fully saturated rings. The fraction of sp³-hybridized carbons (Fsp3) is 0.933. The molecule has 4 bridgehead atoms. The maximum Gasteiger partial charge on any atom is 0.222 e. The summed E-state index contributed by atoms with van der Waals surface area (Å²) in [5, 5.41) is 3.33. The summed E-state index contributed by atoms with van der Waals surface area (Å²) in [4.78, 5) is 11.9. The third-order valence-electron chi connectivity index (χ3n) is 5.28. The normalized spacial score (nSPS) is 43.8. The fourth-order valence-electron chi connectivity index (χ4n) is 4.64. The number of rotatable bonds is 2. The minimum Gasteiger partial charge on any atom is -0.353 e. The van der Waals surface area contributed by atoms with Gasteiger partial charge in [-0.1, -0.05) is 13.8 Å². The fourth-order valence-corrected chi connectivity index (χ4v) is 4.64. The van der Waals surface area contributed by atoms with Gasteiger partial charge in [-0.25, -0.2) is 0 Å². The molecule has 0 aromatic heterocycles. The van der Waals surface area contributed by atoms with Gasteiger partial charge in [-0.2, -0.15) is 0 Å². The van der Waals surface area contributed by atoms with Crippen molar-refractivity contribution in [1.29, 1.82) is 0 Å². The Balaban J connectivity index is 1.71. The molecule has 4 aliphatic carbocycles. The van der Waals surface area contributed by atoms with Crippen LogP contribution in [0.4, 0.5) is 0 Å². The molecule has 17 heavy (non-hydrogen) atoms. The molecule has 1 amide bonds. The molecule has 4 aliphatic rings. The molecule has 96 valence electrons. The van der Waals surface area contributed by atoms with Crippen LogP contribution >= 0.6 is 0 Å². The second-order valence-corrected chi connectivity index (χ2v) is 7.04. The van der Waals surface area contributed by atoms with E-state index in [-0.39, 0.29) is 11.8 Å². The molecule has 0 aromatic carbocycles. The van der Waals surface area contributed by atoms with Gasteiger partial charge in [-0.15, -0.1) is 0 Å². The first-order chi connectivity index (χ1) is 8.11. The number of carbonyl (C=O) groups excluding carboxylic acids is 1. The van der Waals surface area contributed by atoms with Gasteiger partial charge in [0.1, 0.15) is 0 Å². The summed E-state index contributed by atoms with van der Waals surface area (Å²) >= 11 is 0. The molecule has 4 saturated carbocycles. The first kappa shape index (κ1) is 11.6. The monoisotopic (exact) mass is 235 g/mol. The van der Waals surface area contributed by atoms with E-state index in [0.717, 1.165) is 23.7 Å². The average Bonchev–Trinajstić information content (AvgIpc) is 2.43. The lowest BCUT2D eigenvalue weighted by atomic mass is 9.67. The van der Waals surface area contributed by atoms with Crippen LogP contribution in [-0.4, -0.2) is 11.9 Å². The molecule has 2 heteroatoms. The lowest BCUT2D eigenvalue weighted by Gasteiger charge is -2.39. The molecular formula is C15H25NO. The second kappa shape index (κ2) is 4.29. The lowest BCUT2D eigenvalue weighted by molar-refractivity contribution is -0.125. The number of hydrogen-bond donors (Lipinski definition) is 1. The highest BCUT2D eigenvalue weighted by molar-refractivity contribution is 5.78. The van der Waals surface area contributed by atoms with Crippen LogP contribution in [0.3, 0.4) is 0 Å². The van der Waals surface area contributed by atoms with Crippen LogP contribution in [0.1, 0.15) is 52.4 Å². The van der Waals surface area contributed by atoms with Crippen molar-refractivity contribution in [2.75, 3.05) is 0 Å². The van der Waals surface area contributed by atoms with Crippen molar-refractivity contribution in [3.63, 3.8) is 0 Å². The van der Waals surface area contributed by atoms with Crippen LogP contribution in [-0.2, 0) is 4.79 Å². The maximum atomic E-state index is 11.9. The van der Waals surface area contributed by atoms with Gasteiger partial charge in [0, 0.05) is 12.0 Å². The summed E-state index contributed by atoms with van der Waals surface area (Å²) in [6.45, 7) is 3.99. The van der Waals surface area contributed by atoms with E-state index in [1.165, 1.54) is 38.5 Å². The van der Waals surface area contributed by atoms with E-state index in [4.69, 9.17) is 0 Å². The Morgan fingerprint density at radius 1 is 0.941 bits per heavy atom. The van der Waals surface area contributed by atoms with Crippen LogP contribution in [0.5, 0.6) is 0 Å². The lowest BCUT2D eigenvalue weighted by Crippen LogP contribution is -2.42. The van der Waals surface area contributed by atoms with Crippen LogP contribution < -0.4 is 5.32 Å². The number of nitrogens with one attached hydrogen (secondary N) is 1. The average molecular weight is 235 g/mol. The smallest absolute Gasteiger partial charge is 0.222 e. The molecule has 0 heterocycles. The molecule has 1 N–H and O–H groups in total. The minimum absolute atomic E-state index is 0.132. The van der Waals surface area contributed by atoms with E-state index >= 15 is 0 Å². The van der Waals surface area contributed by atoms with Gasteiger partial charge in [0.15, 0.2) is 0 Å². The number of fused-ring (bicyclic) bond motifs is 1. The van der Waals surface area contributed by atoms with Crippen molar-refractivity contribution in [2.45, 2.75) is 58.4 Å². The predicted molar refractivity (Wildman–Crippen MR) is 68.4 cm³/mol. The zero-order chi connectivity index (χ0) is 12.0. The third-order valence-corrected chi connectivity index (χ3v) is 5.28. The van der Waals surface area contributed by atoms with Gasteiger partial charge in [0.05, 0.1) is 0 Å². The Labute approximate surface area is 105 Å². The molecule has 3 atom stereocenters. The van der Waals surface area contributed by atoms with Crippen LogP contribution in [0.2, 0.25) is 0 Å². The summed E-state index contributed by atoms with van der Waals surface area (Å²) in [6.07, 6.45) is 8.40. The van der Waals surface area contributed by atoms with Crippen molar-refractivity contribution in [3.8, 4) is 0 Å². The molecule has 0 saturated heterocycles. The Morgan fingerprint density at radius 2 is 1.47 bits per heavy atom. The Hall–Kier alpha value is -0.530. The van der Waals surface area contributed by atoms with Crippen molar-refractivity contribution in [2.24, 2.45) is 29.6 Å². The largest absolute Gasteiger partial charge is 0.353 e. The van der Waals surface area contributed by atoms with Crippen molar-refractivity contribution >= 4 is 5.91 Å². The zero-order valence-corrected chi connectivity index (χ0v) is 11.1. The summed E-state index contributed by atoms with van der Waals surface area (Å²) < 4.78 is 0. The van der Waals surface area contributed by atoms with Gasteiger partial charge in [-0.05, 0) is 62.2 Å². The number of hydrogen-bond acceptors (Lipinski definition) is 1. The van der Waals surface area contributed by atoms with Gasteiger partial charge in [0.2, 0.25) is 5.91 Å². The summed E-state index contributed by atoms with van der Waals surface area (Å²) in [7, 11) is 0. The minimum atomic E-state index is 0.132. The predicted octanol–water partition coefficient (Wildman–Crippen LogP) is 2.97. The molecule has 4 rings (SSSR count). The van der Waals surface area contributed by atoms with Crippen molar-refractivity contribution < 1.29 is 4.79 Å². The van der Waals surface area contributed by atoms with E-state index in [1.807, 2.05) is 13.8 Å². The molecule has 0 spiro atoms. The van der Waals surface area contributed by atoms with E-state index in [0.29, 0.717) is 6.04 Å². The Morgan fingerprint density at radius 3 is 2.00 bits per heavy atom. The quantitative estimate of drug-likeness (QED) is 0.783. The highest BCUT2D eigenvalue weighted by Gasteiger charge is 2.43. The van der Waals surface area contributed by atoms with Crippen molar-refractivity contribution in [1.82, 2.24) is 5.32 Å². The zero-order valence-electron chi connectivity index (χ0n) is 11.1. The Kier molecular flexibility index (Phi) is 2.92. The maximum absolute atomic E-state index is 11.9. The molecule has 0 radical (unpaired) electrons. The van der Waals surface area contributed by atoms with Crippen LogP contribution in [0.25, 0.3) is 0 Å². The highest BCUT2D eigenvalue weighted by Crippen LogP contribution is 2.51. The van der Waals surface area contributed by atoms with Gasteiger partial charge in [-0.3, -0.25) is 4.79 Å². The van der Waals surface area contributed by atoms with Gasteiger partial charge >= 0.3 is 0 Å². The molecule has 0 aliphatic heterocycles. The Bertz CT molecular complexity index is 298.